The minimum absolute atomic E-state index is 0.282. The van der Waals surface area contributed by atoms with Gasteiger partial charge in [-0.05, 0) is 61.2 Å². The van der Waals surface area contributed by atoms with Gasteiger partial charge in [0, 0.05) is 22.7 Å². The van der Waals surface area contributed by atoms with Crippen LogP contribution in [0.3, 0.4) is 0 Å². The summed E-state index contributed by atoms with van der Waals surface area (Å²) in [5, 5.41) is 3.47. The highest BCUT2D eigenvalue weighted by Gasteiger charge is 2.30. The highest BCUT2D eigenvalue weighted by Crippen LogP contribution is 2.45. The van der Waals surface area contributed by atoms with Crippen LogP contribution in [0.15, 0.2) is 53.9 Å². The fraction of sp³-hybridized carbons (Fsp3) is 0.217. The van der Waals surface area contributed by atoms with E-state index in [1.165, 1.54) is 11.3 Å². The van der Waals surface area contributed by atoms with Crippen LogP contribution in [-0.4, -0.2) is 22.6 Å². The molecule has 1 aliphatic heterocycles. The molecule has 1 atom stereocenters. The third-order valence-electron chi connectivity index (χ3n) is 5.30. The molecule has 29 heavy (non-hydrogen) atoms. The van der Waals surface area contributed by atoms with E-state index in [9.17, 15) is 0 Å². The van der Waals surface area contributed by atoms with Crippen LogP contribution in [0, 0.1) is 0 Å². The molecule has 0 radical (unpaired) electrons. The summed E-state index contributed by atoms with van der Waals surface area (Å²) >= 11 is 7.93. The maximum atomic E-state index is 6.33. The van der Waals surface area contributed by atoms with E-state index in [0.717, 1.165) is 39.3 Å². The number of hydrogen-bond acceptors (Lipinski definition) is 5. The molecule has 0 fully saturated rings. The van der Waals surface area contributed by atoms with Gasteiger partial charge in [0.2, 0.25) is 5.28 Å². The number of rotatable bonds is 4. The second kappa shape index (κ2) is 7.32. The average Bonchev–Trinajstić information content (AvgIpc) is 3.28. The lowest BCUT2D eigenvalue weighted by Gasteiger charge is -2.25. The molecule has 5 rings (SSSR count). The van der Waals surface area contributed by atoms with Crippen LogP contribution in [0.5, 0.6) is 5.75 Å². The molecule has 146 valence electrons. The van der Waals surface area contributed by atoms with Gasteiger partial charge in [-0.25, -0.2) is 4.98 Å². The summed E-state index contributed by atoms with van der Waals surface area (Å²) in [7, 11) is 0. The number of anilines is 2. The molecule has 0 aliphatic carbocycles. The van der Waals surface area contributed by atoms with Crippen LogP contribution < -0.4 is 9.64 Å². The van der Waals surface area contributed by atoms with Crippen LogP contribution >= 0.6 is 22.9 Å². The predicted molar refractivity (Wildman–Crippen MR) is 121 cm³/mol. The molecule has 3 heterocycles. The number of aromatic nitrogens is 2. The number of para-hydroxylation sites is 1. The first-order valence-corrected chi connectivity index (χ1v) is 11.0. The fourth-order valence-corrected chi connectivity index (χ4v) is 5.23. The number of halogens is 1. The Morgan fingerprint density at radius 1 is 1.14 bits per heavy atom. The summed E-state index contributed by atoms with van der Waals surface area (Å²) in [5.74, 6) is 1.75. The minimum Gasteiger partial charge on any atom is -0.494 e. The monoisotopic (exact) mass is 421 g/mol. The van der Waals surface area contributed by atoms with Gasteiger partial charge in [-0.2, -0.15) is 4.98 Å². The van der Waals surface area contributed by atoms with Crippen molar-refractivity contribution in [2.75, 3.05) is 11.5 Å². The molecule has 4 nitrogen and oxygen atoms in total. The van der Waals surface area contributed by atoms with Crippen molar-refractivity contribution < 1.29 is 4.74 Å². The summed E-state index contributed by atoms with van der Waals surface area (Å²) in [6.07, 6.45) is 0.988. The Kier molecular flexibility index (Phi) is 4.64. The van der Waals surface area contributed by atoms with E-state index in [-0.39, 0.29) is 5.28 Å². The van der Waals surface area contributed by atoms with E-state index in [1.807, 2.05) is 19.1 Å². The van der Waals surface area contributed by atoms with Crippen LogP contribution in [0.2, 0.25) is 5.28 Å². The predicted octanol–water partition coefficient (Wildman–Crippen LogP) is 6.49. The molecule has 1 unspecified atom stereocenters. The SMILES string of the molecule is CCOc1ccc(-c2csc3nc(Cl)nc(N4c5ccccc5CC4C)c23)cc1. The van der Waals surface area contributed by atoms with Crippen molar-refractivity contribution in [3.8, 4) is 16.9 Å². The molecule has 4 aromatic rings. The molecular weight excluding hydrogens is 402 g/mol. The van der Waals surface area contributed by atoms with Crippen molar-refractivity contribution in [3.63, 3.8) is 0 Å². The Hall–Kier alpha value is -2.63. The van der Waals surface area contributed by atoms with Crippen molar-refractivity contribution in [1.82, 2.24) is 9.97 Å². The van der Waals surface area contributed by atoms with Crippen molar-refractivity contribution in [3.05, 3.63) is 64.8 Å². The number of ether oxygens (including phenoxy) is 1. The zero-order valence-corrected chi connectivity index (χ0v) is 17.8. The first-order valence-electron chi connectivity index (χ1n) is 9.71. The third-order valence-corrected chi connectivity index (χ3v) is 6.34. The third kappa shape index (κ3) is 3.15. The van der Waals surface area contributed by atoms with E-state index in [2.05, 4.69) is 58.6 Å². The molecular formula is C23H20ClN3OS. The van der Waals surface area contributed by atoms with Gasteiger partial charge < -0.3 is 9.64 Å². The van der Waals surface area contributed by atoms with Gasteiger partial charge in [0.05, 0.1) is 12.0 Å². The quantitative estimate of drug-likeness (QED) is 0.353. The van der Waals surface area contributed by atoms with Gasteiger partial charge in [0.1, 0.15) is 16.4 Å². The first kappa shape index (κ1) is 18.4. The van der Waals surface area contributed by atoms with Gasteiger partial charge >= 0.3 is 0 Å². The molecule has 2 aromatic carbocycles. The van der Waals surface area contributed by atoms with Crippen molar-refractivity contribution in [1.29, 1.82) is 0 Å². The maximum Gasteiger partial charge on any atom is 0.225 e. The van der Waals surface area contributed by atoms with E-state index in [1.54, 1.807) is 11.3 Å². The summed E-state index contributed by atoms with van der Waals surface area (Å²) in [6.45, 7) is 4.87. The molecule has 6 heteroatoms. The highest BCUT2D eigenvalue weighted by atomic mass is 35.5. The number of fused-ring (bicyclic) bond motifs is 2. The number of benzene rings is 2. The zero-order valence-electron chi connectivity index (χ0n) is 16.2. The van der Waals surface area contributed by atoms with Crippen LogP contribution in [0.1, 0.15) is 19.4 Å². The van der Waals surface area contributed by atoms with Crippen molar-refractivity contribution in [2.24, 2.45) is 0 Å². The Morgan fingerprint density at radius 3 is 2.72 bits per heavy atom. The van der Waals surface area contributed by atoms with E-state index >= 15 is 0 Å². The van der Waals surface area contributed by atoms with Crippen LogP contribution in [-0.2, 0) is 6.42 Å². The van der Waals surface area contributed by atoms with Gasteiger partial charge in [0.25, 0.3) is 0 Å². The van der Waals surface area contributed by atoms with Gasteiger partial charge in [-0.1, -0.05) is 30.3 Å². The normalized spacial score (nSPS) is 15.7. The van der Waals surface area contributed by atoms with Crippen molar-refractivity contribution in [2.45, 2.75) is 26.3 Å². The summed E-state index contributed by atoms with van der Waals surface area (Å²) < 4.78 is 5.59. The van der Waals surface area contributed by atoms with Gasteiger partial charge in [0.15, 0.2) is 0 Å². The zero-order chi connectivity index (χ0) is 20.0. The highest BCUT2D eigenvalue weighted by molar-refractivity contribution is 7.17. The average molecular weight is 422 g/mol. The summed E-state index contributed by atoms with van der Waals surface area (Å²) in [6, 6.07) is 17.0. The lowest BCUT2D eigenvalue weighted by molar-refractivity contribution is 0.340. The lowest BCUT2D eigenvalue weighted by Crippen LogP contribution is -2.25. The molecule has 0 bridgehead atoms. The molecule has 1 aliphatic rings. The first-order chi connectivity index (χ1) is 14.2. The molecule has 0 saturated heterocycles. The van der Waals surface area contributed by atoms with Crippen molar-refractivity contribution >= 4 is 44.7 Å². The fourth-order valence-electron chi connectivity index (χ4n) is 4.07. The summed E-state index contributed by atoms with van der Waals surface area (Å²) in [4.78, 5) is 12.4. The van der Waals surface area contributed by atoms with E-state index < -0.39 is 0 Å². The smallest absolute Gasteiger partial charge is 0.225 e. The molecule has 0 amide bonds. The van der Waals surface area contributed by atoms with E-state index in [0.29, 0.717) is 12.6 Å². The largest absolute Gasteiger partial charge is 0.494 e. The molecule has 0 N–H and O–H groups in total. The Labute approximate surface area is 178 Å². The van der Waals surface area contributed by atoms with Gasteiger partial charge in [-0.15, -0.1) is 11.3 Å². The Morgan fingerprint density at radius 2 is 1.93 bits per heavy atom. The summed E-state index contributed by atoms with van der Waals surface area (Å²) in [5.41, 5.74) is 4.77. The second-order valence-electron chi connectivity index (χ2n) is 7.16. The molecule has 0 spiro atoms. The molecule has 2 aromatic heterocycles. The topological polar surface area (TPSA) is 38.3 Å². The van der Waals surface area contributed by atoms with Gasteiger partial charge in [-0.3, -0.25) is 0 Å². The van der Waals surface area contributed by atoms with Crippen LogP contribution in [0.4, 0.5) is 11.5 Å². The second-order valence-corrected chi connectivity index (χ2v) is 8.35. The standard InChI is InChI=1S/C23H20ClN3OS/c1-3-28-17-10-8-15(9-11-17)18-13-29-22-20(18)21(25-23(24)26-22)27-14(2)12-16-6-4-5-7-19(16)27/h4-11,13-14H,3,12H2,1-2H3. The maximum absolute atomic E-state index is 6.33. The minimum atomic E-state index is 0.282. The Bertz CT molecular complexity index is 1190. The lowest BCUT2D eigenvalue weighted by atomic mass is 10.1. The molecule has 0 saturated carbocycles. The number of hydrogen-bond donors (Lipinski definition) is 0. The number of nitrogens with zero attached hydrogens (tertiary/aromatic N) is 3. The number of thiophene rings is 1. The Balaban J connectivity index is 1.69. The van der Waals surface area contributed by atoms with Crippen LogP contribution in [0.25, 0.3) is 21.3 Å². The van der Waals surface area contributed by atoms with E-state index in [4.69, 9.17) is 21.3 Å².